The van der Waals surface area contributed by atoms with Crippen molar-refractivity contribution in [1.29, 1.82) is 0 Å². The van der Waals surface area contributed by atoms with E-state index in [2.05, 4.69) is 14.9 Å². The van der Waals surface area contributed by atoms with Crippen molar-refractivity contribution in [1.82, 2.24) is 10.2 Å². The number of hydrogen-bond acceptors (Lipinski definition) is 4. The third-order valence-corrected chi connectivity index (χ3v) is 7.39. The van der Waals surface area contributed by atoms with Crippen LogP contribution in [0.5, 0.6) is 0 Å². The minimum Gasteiger partial charge on any atom is -0.350 e. The first kappa shape index (κ1) is 21.9. The Morgan fingerprint density at radius 1 is 1.00 bits per heavy atom. The van der Waals surface area contributed by atoms with Gasteiger partial charge in [0.05, 0.1) is 15.6 Å². The number of likely N-dealkylation sites (tertiary alicyclic amines) is 1. The minimum absolute atomic E-state index is 0.122. The van der Waals surface area contributed by atoms with Gasteiger partial charge in [-0.2, -0.15) is 0 Å². The molecule has 1 aliphatic carbocycles. The number of nitrogens with zero attached hydrogens (tertiary/aromatic N) is 1. The summed E-state index contributed by atoms with van der Waals surface area (Å²) in [5, 5.41) is 3.39. The van der Waals surface area contributed by atoms with Gasteiger partial charge in [0.25, 0.3) is 10.0 Å². The van der Waals surface area contributed by atoms with E-state index < -0.39 is 10.0 Å². The molecule has 0 unspecified atom stereocenters. The summed E-state index contributed by atoms with van der Waals surface area (Å²) in [4.78, 5) is 14.9. The largest absolute Gasteiger partial charge is 0.350 e. The van der Waals surface area contributed by atoms with Crippen molar-refractivity contribution in [3.05, 3.63) is 65.2 Å². The standard InChI is InChI=1S/C23H26ClN3O3S/c24-21-3-1-2-4-22(21)26-31(29,30)20-10-5-17(6-11-20)7-12-23(28)25-18-13-15-27(16-14-18)19-8-9-19/h1-7,10-12,18-19,26H,8-9,13-16H2,(H,25,28)/b12-7+. The summed E-state index contributed by atoms with van der Waals surface area (Å²) in [6.45, 7) is 2.11. The van der Waals surface area contributed by atoms with E-state index in [4.69, 9.17) is 11.6 Å². The van der Waals surface area contributed by atoms with Crippen LogP contribution in [0.3, 0.4) is 0 Å². The Bertz CT molecular complexity index is 1060. The molecule has 0 atom stereocenters. The number of benzene rings is 2. The first-order chi connectivity index (χ1) is 14.9. The number of sulfonamides is 1. The molecule has 0 bridgehead atoms. The minimum atomic E-state index is -3.75. The number of anilines is 1. The molecule has 0 radical (unpaired) electrons. The predicted octanol–water partition coefficient (Wildman–Crippen LogP) is 3.90. The molecule has 0 aromatic heterocycles. The number of hydrogen-bond donors (Lipinski definition) is 2. The molecule has 164 valence electrons. The molecule has 1 saturated heterocycles. The molecule has 1 aliphatic heterocycles. The van der Waals surface area contributed by atoms with Crippen molar-refractivity contribution in [2.75, 3.05) is 17.8 Å². The summed E-state index contributed by atoms with van der Waals surface area (Å²) in [5.74, 6) is -0.123. The molecular formula is C23H26ClN3O3S. The molecule has 6 nitrogen and oxygen atoms in total. The zero-order valence-corrected chi connectivity index (χ0v) is 18.7. The average Bonchev–Trinajstić information content (AvgIpc) is 3.60. The normalized spacial score (nSPS) is 18.2. The molecule has 2 aliphatic rings. The van der Waals surface area contributed by atoms with Gasteiger partial charge in [0.1, 0.15) is 0 Å². The van der Waals surface area contributed by atoms with Gasteiger partial charge in [-0.1, -0.05) is 35.9 Å². The third-order valence-electron chi connectivity index (χ3n) is 5.67. The van der Waals surface area contributed by atoms with Crippen molar-refractivity contribution < 1.29 is 13.2 Å². The van der Waals surface area contributed by atoms with Crippen molar-refractivity contribution in [2.24, 2.45) is 0 Å². The second kappa shape index (κ2) is 9.42. The highest BCUT2D eigenvalue weighted by molar-refractivity contribution is 7.92. The van der Waals surface area contributed by atoms with Gasteiger partial charge in [-0.05, 0) is 61.6 Å². The molecule has 4 rings (SSSR count). The molecule has 1 saturated carbocycles. The van der Waals surface area contributed by atoms with Crippen LogP contribution in [0.2, 0.25) is 5.02 Å². The fourth-order valence-electron chi connectivity index (χ4n) is 3.78. The summed E-state index contributed by atoms with van der Waals surface area (Å²) >= 11 is 6.03. The van der Waals surface area contributed by atoms with Crippen molar-refractivity contribution in [3.63, 3.8) is 0 Å². The van der Waals surface area contributed by atoms with Crippen LogP contribution >= 0.6 is 11.6 Å². The number of halogens is 1. The fraction of sp³-hybridized carbons (Fsp3) is 0.348. The van der Waals surface area contributed by atoms with E-state index in [0.717, 1.165) is 37.5 Å². The Morgan fingerprint density at radius 3 is 2.32 bits per heavy atom. The molecular weight excluding hydrogens is 434 g/mol. The van der Waals surface area contributed by atoms with Crippen LogP contribution in [0.4, 0.5) is 5.69 Å². The number of para-hydroxylation sites is 1. The zero-order chi connectivity index (χ0) is 21.8. The van der Waals surface area contributed by atoms with Crippen LogP contribution in [0.15, 0.2) is 59.5 Å². The van der Waals surface area contributed by atoms with Gasteiger partial charge in [-0.3, -0.25) is 9.52 Å². The molecule has 31 heavy (non-hydrogen) atoms. The molecule has 2 N–H and O–H groups in total. The Morgan fingerprint density at radius 2 is 1.68 bits per heavy atom. The number of piperidine rings is 1. The van der Waals surface area contributed by atoms with Crippen LogP contribution in [0.1, 0.15) is 31.2 Å². The van der Waals surface area contributed by atoms with Gasteiger partial charge < -0.3 is 10.2 Å². The molecule has 1 heterocycles. The quantitative estimate of drug-likeness (QED) is 0.615. The summed E-state index contributed by atoms with van der Waals surface area (Å²) in [6.07, 6.45) is 7.79. The summed E-state index contributed by atoms with van der Waals surface area (Å²) < 4.78 is 27.6. The smallest absolute Gasteiger partial charge is 0.261 e. The highest BCUT2D eigenvalue weighted by Gasteiger charge is 2.31. The average molecular weight is 460 g/mol. The maximum Gasteiger partial charge on any atom is 0.261 e. The predicted molar refractivity (Wildman–Crippen MR) is 123 cm³/mol. The van der Waals surface area contributed by atoms with E-state index in [-0.39, 0.29) is 16.8 Å². The Hall–Kier alpha value is -2.35. The zero-order valence-electron chi connectivity index (χ0n) is 17.1. The molecule has 2 aromatic carbocycles. The number of amides is 1. The second-order valence-corrected chi connectivity index (χ2v) is 10.1. The SMILES string of the molecule is O=C(/C=C/c1ccc(S(=O)(=O)Nc2ccccc2Cl)cc1)NC1CCN(C2CC2)CC1. The number of carbonyl (C=O) groups is 1. The van der Waals surface area contributed by atoms with E-state index in [1.54, 1.807) is 42.5 Å². The number of nitrogens with one attached hydrogen (secondary N) is 2. The maximum atomic E-state index is 12.6. The van der Waals surface area contributed by atoms with Crippen molar-refractivity contribution >= 4 is 39.3 Å². The highest BCUT2D eigenvalue weighted by Crippen LogP contribution is 2.29. The van der Waals surface area contributed by atoms with Gasteiger partial charge in [0.2, 0.25) is 5.91 Å². The summed E-state index contributed by atoms with van der Waals surface area (Å²) in [7, 11) is -3.75. The lowest BCUT2D eigenvalue weighted by Gasteiger charge is -2.32. The van der Waals surface area contributed by atoms with E-state index >= 15 is 0 Å². The Labute approximate surface area is 188 Å². The van der Waals surface area contributed by atoms with E-state index in [9.17, 15) is 13.2 Å². The number of carbonyl (C=O) groups excluding carboxylic acids is 1. The van der Waals surface area contributed by atoms with Gasteiger partial charge in [-0.25, -0.2) is 8.42 Å². The molecule has 1 amide bonds. The lowest BCUT2D eigenvalue weighted by Crippen LogP contribution is -2.44. The van der Waals surface area contributed by atoms with Crippen LogP contribution < -0.4 is 10.0 Å². The van der Waals surface area contributed by atoms with Gasteiger partial charge >= 0.3 is 0 Å². The third kappa shape index (κ3) is 5.87. The Balaban J connectivity index is 1.31. The highest BCUT2D eigenvalue weighted by atomic mass is 35.5. The Kier molecular flexibility index (Phi) is 6.65. The lowest BCUT2D eigenvalue weighted by molar-refractivity contribution is -0.117. The molecule has 8 heteroatoms. The van der Waals surface area contributed by atoms with Crippen LogP contribution in [-0.4, -0.2) is 44.4 Å². The second-order valence-electron chi connectivity index (χ2n) is 8.04. The molecule has 0 spiro atoms. The van der Waals surface area contributed by atoms with E-state index in [1.807, 2.05) is 0 Å². The first-order valence-electron chi connectivity index (χ1n) is 10.5. The maximum absolute atomic E-state index is 12.6. The van der Waals surface area contributed by atoms with Crippen LogP contribution in [-0.2, 0) is 14.8 Å². The van der Waals surface area contributed by atoms with Crippen LogP contribution in [0, 0.1) is 0 Å². The van der Waals surface area contributed by atoms with Crippen molar-refractivity contribution in [2.45, 2.75) is 42.7 Å². The lowest BCUT2D eigenvalue weighted by atomic mass is 10.0. The molecule has 2 aromatic rings. The van der Waals surface area contributed by atoms with Crippen molar-refractivity contribution in [3.8, 4) is 0 Å². The summed E-state index contributed by atoms with van der Waals surface area (Å²) in [5.41, 5.74) is 1.07. The topological polar surface area (TPSA) is 78.5 Å². The fourth-order valence-corrected chi connectivity index (χ4v) is 5.09. The number of rotatable bonds is 7. The van der Waals surface area contributed by atoms with Gasteiger partial charge in [-0.15, -0.1) is 0 Å². The van der Waals surface area contributed by atoms with Gasteiger partial charge in [0.15, 0.2) is 0 Å². The molecule has 2 fully saturated rings. The summed E-state index contributed by atoms with van der Waals surface area (Å²) in [6, 6.07) is 14.0. The first-order valence-corrected chi connectivity index (χ1v) is 12.4. The van der Waals surface area contributed by atoms with E-state index in [1.165, 1.54) is 31.1 Å². The van der Waals surface area contributed by atoms with Crippen LogP contribution in [0.25, 0.3) is 6.08 Å². The van der Waals surface area contributed by atoms with Gasteiger partial charge in [0, 0.05) is 31.2 Å². The van der Waals surface area contributed by atoms with E-state index in [0.29, 0.717) is 10.7 Å². The monoisotopic (exact) mass is 459 g/mol.